The van der Waals surface area contributed by atoms with E-state index < -0.39 is 0 Å². The van der Waals surface area contributed by atoms with Crippen LogP contribution in [0.4, 0.5) is 17.1 Å². The largest absolute Gasteiger partial charge is 0.456 e. The summed E-state index contributed by atoms with van der Waals surface area (Å²) >= 11 is 0. The summed E-state index contributed by atoms with van der Waals surface area (Å²) in [6.45, 7) is 4.72. The Balaban J connectivity index is 1.18. The molecule has 0 unspecified atom stereocenters. The molecule has 61 heavy (non-hydrogen) atoms. The Morgan fingerprint density at radius 3 is 1.87 bits per heavy atom. The summed E-state index contributed by atoms with van der Waals surface area (Å²) in [4.78, 5) is 2.47. The van der Waals surface area contributed by atoms with Crippen LogP contribution in [-0.4, -0.2) is 0 Å². The number of rotatable bonds is 6. The first kappa shape index (κ1) is 35.3. The minimum atomic E-state index is -0.173. The first-order valence-corrected chi connectivity index (χ1v) is 21.2. The van der Waals surface area contributed by atoms with Gasteiger partial charge in [-0.2, -0.15) is 0 Å². The van der Waals surface area contributed by atoms with Crippen LogP contribution in [-0.2, 0) is 5.41 Å². The summed E-state index contributed by atoms with van der Waals surface area (Å²) < 4.78 is 6.61. The fraction of sp³-hybridized carbons (Fsp3) is 0.0508. The molecular formula is C59H41NO. The second-order valence-electron chi connectivity index (χ2n) is 16.9. The third-order valence-electron chi connectivity index (χ3n) is 13.0. The standard InChI is InChI=1S/C59H41NO/c1-59(2)53-27-12-10-24-48(53)49-32-30-42(36-54(49)59)60(43-31-33-51-50-25-11-13-29-56(50)61-57(51)37-43)55-28-15-26-45(40-20-14-19-39(34-40)38-16-4-3-5-17-38)58(55)52-35-41-18-6-7-21-44(41)46-22-8-9-23-47(46)52/h3-37H,1-2H3. The molecule has 0 saturated carbocycles. The molecule has 0 fully saturated rings. The molecule has 0 aliphatic heterocycles. The monoisotopic (exact) mass is 779 g/mol. The molecule has 12 rings (SSSR count). The molecule has 0 atom stereocenters. The van der Waals surface area contributed by atoms with Crippen molar-refractivity contribution in [2.24, 2.45) is 0 Å². The van der Waals surface area contributed by atoms with Gasteiger partial charge in [-0.05, 0) is 120 Å². The number of benzene rings is 10. The summed E-state index contributed by atoms with van der Waals surface area (Å²) in [7, 11) is 0. The zero-order valence-electron chi connectivity index (χ0n) is 34.1. The minimum Gasteiger partial charge on any atom is -0.456 e. The number of anilines is 3. The number of hydrogen-bond donors (Lipinski definition) is 0. The predicted octanol–water partition coefficient (Wildman–Crippen LogP) is 16.7. The molecule has 0 N–H and O–H groups in total. The van der Waals surface area contributed by atoms with Crippen molar-refractivity contribution in [2.75, 3.05) is 4.90 Å². The lowest BCUT2D eigenvalue weighted by molar-refractivity contribution is 0.660. The molecular weight excluding hydrogens is 739 g/mol. The normalized spacial score (nSPS) is 12.9. The van der Waals surface area contributed by atoms with Gasteiger partial charge in [0, 0.05) is 39.2 Å². The third-order valence-corrected chi connectivity index (χ3v) is 13.0. The van der Waals surface area contributed by atoms with Gasteiger partial charge in [0.05, 0.1) is 5.69 Å². The topological polar surface area (TPSA) is 16.4 Å². The molecule has 0 radical (unpaired) electrons. The molecule has 11 aromatic rings. The van der Waals surface area contributed by atoms with Gasteiger partial charge >= 0.3 is 0 Å². The van der Waals surface area contributed by atoms with Crippen LogP contribution in [0.5, 0.6) is 0 Å². The molecule has 2 heteroatoms. The molecule has 0 spiro atoms. The van der Waals surface area contributed by atoms with Crippen LogP contribution >= 0.6 is 0 Å². The third kappa shape index (κ3) is 5.56. The second-order valence-corrected chi connectivity index (χ2v) is 16.9. The lowest BCUT2D eigenvalue weighted by Gasteiger charge is -2.31. The highest BCUT2D eigenvalue weighted by atomic mass is 16.3. The van der Waals surface area contributed by atoms with Crippen LogP contribution in [0, 0.1) is 0 Å². The highest BCUT2D eigenvalue weighted by Crippen LogP contribution is 2.53. The van der Waals surface area contributed by atoms with Crippen molar-refractivity contribution < 1.29 is 4.42 Å². The van der Waals surface area contributed by atoms with Crippen LogP contribution in [0.2, 0.25) is 0 Å². The number of hydrogen-bond acceptors (Lipinski definition) is 2. The quantitative estimate of drug-likeness (QED) is 0.156. The zero-order valence-corrected chi connectivity index (χ0v) is 34.1. The minimum absolute atomic E-state index is 0.173. The van der Waals surface area contributed by atoms with Crippen molar-refractivity contribution in [3.05, 3.63) is 223 Å². The van der Waals surface area contributed by atoms with Gasteiger partial charge in [0.2, 0.25) is 0 Å². The van der Waals surface area contributed by atoms with Gasteiger partial charge in [0.25, 0.3) is 0 Å². The SMILES string of the molecule is CC1(C)c2ccccc2-c2ccc(N(c3ccc4c(c3)oc3ccccc34)c3cccc(-c4cccc(-c5ccccc5)c4)c3-c3cc4ccccc4c4ccccc34)cc21. The summed E-state index contributed by atoms with van der Waals surface area (Å²) in [5, 5.41) is 7.14. The molecule has 1 aliphatic carbocycles. The number of furan rings is 1. The molecule has 2 nitrogen and oxygen atoms in total. The summed E-state index contributed by atoms with van der Waals surface area (Å²) in [5.41, 5.74) is 17.2. The second kappa shape index (κ2) is 13.7. The Morgan fingerprint density at radius 1 is 0.361 bits per heavy atom. The van der Waals surface area contributed by atoms with Gasteiger partial charge < -0.3 is 9.32 Å². The van der Waals surface area contributed by atoms with Crippen molar-refractivity contribution in [2.45, 2.75) is 19.3 Å². The van der Waals surface area contributed by atoms with E-state index in [-0.39, 0.29) is 5.41 Å². The van der Waals surface area contributed by atoms with Crippen molar-refractivity contribution >= 4 is 60.5 Å². The van der Waals surface area contributed by atoms with E-state index in [0.717, 1.165) is 44.6 Å². The fourth-order valence-corrected chi connectivity index (χ4v) is 10.1. The van der Waals surface area contributed by atoms with Crippen LogP contribution in [0.3, 0.4) is 0 Å². The highest BCUT2D eigenvalue weighted by molar-refractivity contribution is 6.17. The van der Waals surface area contributed by atoms with E-state index in [2.05, 4.69) is 225 Å². The summed E-state index contributed by atoms with van der Waals surface area (Å²) in [6, 6.07) is 77.7. The number of para-hydroxylation sites is 1. The first-order chi connectivity index (χ1) is 30.0. The van der Waals surface area contributed by atoms with Crippen molar-refractivity contribution in [3.8, 4) is 44.5 Å². The first-order valence-electron chi connectivity index (χ1n) is 21.2. The van der Waals surface area contributed by atoms with E-state index in [0.29, 0.717) is 0 Å². The van der Waals surface area contributed by atoms with Gasteiger partial charge in [-0.1, -0.05) is 172 Å². The highest BCUT2D eigenvalue weighted by Gasteiger charge is 2.36. The van der Waals surface area contributed by atoms with Crippen molar-refractivity contribution in [1.29, 1.82) is 0 Å². The molecule has 288 valence electrons. The molecule has 0 saturated heterocycles. The zero-order chi connectivity index (χ0) is 40.7. The van der Waals surface area contributed by atoms with E-state index in [9.17, 15) is 0 Å². The Labute approximate surface area is 355 Å². The van der Waals surface area contributed by atoms with Crippen molar-refractivity contribution in [3.63, 3.8) is 0 Å². The van der Waals surface area contributed by atoms with Gasteiger partial charge in [0.15, 0.2) is 0 Å². The van der Waals surface area contributed by atoms with Gasteiger partial charge in [-0.15, -0.1) is 0 Å². The van der Waals surface area contributed by atoms with Crippen LogP contribution in [0.1, 0.15) is 25.0 Å². The van der Waals surface area contributed by atoms with Gasteiger partial charge in [-0.25, -0.2) is 0 Å². The van der Waals surface area contributed by atoms with Crippen LogP contribution < -0.4 is 4.90 Å². The lowest BCUT2D eigenvalue weighted by Crippen LogP contribution is -2.17. The molecule has 1 aliphatic rings. The molecule has 0 bridgehead atoms. The Hall–Kier alpha value is -7.68. The Kier molecular flexibility index (Phi) is 7.92. The van der Waals surface area contributed by atoms with E-state index >= 15 is 0 Å². The van der Waals surface area contributed by atoms with Crippen LogP contribution in [0.15, 0.2) is 217 Å². The smallest absolute Gasteiger partial charge is 0.137 e. The maximum Gasteiger partial charge on any atom is 0.137 e. The summed E-state index contributed by atoms with van der Waals surface area (Å²) in [5.74, 6) is 0. The van der Waals surface area contributed by atoms with E-state index in [1.165, 1.54) is 71.6 Å². The number of nitrogens with zero attached hydrogens (tertiary/aromatic N) is 1. The van der Waals surface area contributed by atoms with Gasteiger partial charge in [0.1, 0.15) is 11.2 Å². The Morgan fingerprint density at radius 2 is 0.984 bits per heavy atom. The fourth-order valence-electron chi connectivity index (χ4n) is 10.1. The van der Waals surface area contributed by atoms with Crippen molar-refractivity contribution in [1.82, 2.24) is 0 Å². The molecule has 0 amide bonds. The average molecular weight is 780 g/mol. The van der Waals surface area contributed by atoms with E-state index in [1.54, 1.807) is 0 Å². The van der Waals surface area contributed by atoms with E-state index in [4.69, 9.17) is 4.42 Å². The molecule has 1 aromatic heterocycles. The predicted molar refractivity (Wildman–Crippen MR) is 257 cm³/mol. The van der Waals surface area contributed by atoms with Crippen LogP contribution in [0.25, 0.3) is 88.0 Å². The average Bonchev–Trinajstić information content (AvgIpc) is 3.80. The lowest BCUT2D eigenvalue weighted by atomic mass is 9.82. The van der Waals surface area contributed by atoms with E-state index in [1.807, 2.05) is 6.07 Å². The maximum atomic E-state index is 6.61. The molecule has 1 heterocycles. The Bertz CT molecular complexity index is 3520. The summed E-state index contributed by atoms with van der Waals surface area (Å²) in [6.07, 6.45) is 0. The molecule has 10 aromatic carbocycles. The maximum absolute atomic E-state index is 6.61. The van der Waals surface area contributed by atoms with Gasteiger partial charge in [-0.3, -0.25) is 0 Å². The number of fused-ring (bicyclic) bond motifs is 9.